The summed E-state index contributed by atoms with van der Waals surface area (Å²) >= 11 is 6.61. The third kappa shape index (κ3) is 4.39. The molecule has 1 aromatic heterocycles. The Labute approximate surface area is 210 Å². The summed E-state index contributed by atoms with van der Waals surface area (Å²) in [6.07, 6.45) is 1.60. The van der Waals surface area contributed by atoms with Crippen molar-refractivity contribution in [1.82, 2.24) is 14.9 Å². The Morgan fingerprint density at radius 1 is 1.14 bits per heavy atom. The van der Waals surface area contributed by atoms with E-state index in [0.29, 0.717) is 39.0 Å². The highest BCUT2D eigenvalue weighted by Crippen LogP contribution is 2.36. The van der Waals surface area contributed by atoms with Gasteiger partial charge in [0.25, 0.3) is 0 Å². The number of piperazine rings is 1. The molecule has 0 saturated carbocycles. The number of nitriles is 1. The number of rotatable bonds is 4. The Kier molecular flexibility index (Phi) is 6.48. The van der Waals surface area contributed by atoms with Gasteiger partial charge in [-0.3, -0.25) is 4.79 Å². The number of fused-ring (bicyclic) bond motifs is 2. The van der Waals surface area contributed by atoms with Crippen LogP contribution in [0.4, 0.5) is 11.5 Å². The second kappa shape index (κ2) is 9.71. The van der Waals surface area contributed by atoms with Gasteiger partial charge in [-0.1, -0.05) is 42.8 Å². The number of amides is 1. The van der Waals surface area contributed by atoms with Gasteiger partial charge >= 0.3 is 0 Å². The maximum atomic E-state index is 12.4. The summed E-state index contributed by atoms with van der Waals surface area (Å²) in [6.45, 7) is 7.26. The molecule has 2 aromatic carbocycles. The van der Waals surface area contributed by atoms with Crippen molar-refractivity contribution < 1.29 is 4.79 Å². The lowest BCUT2D eigenvalue weighted by Crippen LogP contribution is -2.55. The summed E-state index contributed by atoms with van der Waals surface area (Å²) in [6, 6.07) is 14.5. The molecule has 1 atom stereocenters. The Morgan fingerprint density at radius 3 is 2.71 bits per heavy atom. The summed E-state index contributed by atoms with van der Waals surface area (Å²) < 4.78 is 0. The van der Waals surface area contributed by atoms with Gasteiger partial charge in [0, 0.05) is 49.2 Å². The van der Waals surface area contributed by atoms with Gasteiger partial charge in [-0.2, -0.15) is 5.26 Å². The van der Waals surface area contributed by atoms with Crippen LogP contribution < -0.4 is 9.80 Å². The summed E-state index contributed by atoms with van der Waals surface area (Å²) in [5.74, 6) is 1.80. The van der Waals surface area contributed by atoms with Gasteiger partial charge in [-0.25, -0.2) is 9.97 Å². The number of hydrogen-bond acceptors (Lipinski definition) is 6. The molecule has 1 unspecified atom stereocenters. The van der Waals surface area contributed by atoms with Crippen LogP contribution in [0.25, 0.3) is 10.8 Å². The third-order valence-electron chi connectivity index (χ3n) is 7.06. The molecule has 3 aromatic rings. The molecule has 7 nitrogen and oxygen atoms in total. The molecular formula is C27H29ClN6O. The van der Waals surface area contributed by atoms with Crippen molar-refractivity contribution in [3.05, 3.63) is 58.5 Å². The van der Waals surface area contributed by atoms with Gasteiger partial charge in [0.15, 0.2) is 0 Å². The Balaban J connectivity index is 1.46. The standard InChI is InChI=1S/C27H29ClN6O/c1-3-25(35)34-15-14-33(16-20(34)10-12-29)27-21-11-13-32(17-23(21)30-18(2)31-27)24-9-5-7-19-6-4-8-22(28)26(19)24/h4-9,20H,3,10-11,13-17H2,1-2H3. The number of aromatic nitrogens is 2. The lowest BCUT2D eigenvalue weighted by Gasteiger charge is -2.42. The molecule has 8 heteroatoms. The van der Waals surface area contributed by atoms with Gasteiger partial charge in [-0.05, 0) is 30.9 Å². The van der Waals surface area contributed by atoms with Crippen LogP contribution >= 0.6 is 11.6 Å². The second-order valence-corrected chi connectivity index (χ2v) is 9.62. The first-order chi connectivity index (χ1) is 17.0. The molecular weight excluding hydrogens is 460 g/mol. The zero-order chi connectivity index (χ0) is 24.5. The molecule has 5 rings (SSSR count). The van der Waals surface area contributed by atoms with E-state index in [4.69, 9.17) is 21.6 Å². The predicted octanol–water partition coefficient (Wildman–Crippen LogP) is 4.50. The van der Waals surface area contributed by atoms with E-state index in [0.717, 1.165) is 51.8 Å². The first kappa shape index (κ1) is 23.4. The van der Waals surface area contributed by atoms with Crippen molar-refractivity contribution in [1.29, 1.82) is 5.26 Å². The Hall–Kier alpha value is -3.37. The molecule has 2 aliphatic heterocycles. The molecule has 0 N–H and O–H groups in total. The number of benzene rings is 2. The number of nitrogens with zero attached hydrogens (tertiary/aromatic N) is 6. The van der Waals surface area contributed by atoms with Gasteiger partial charge < -0.3 is 14.7 Å². The van der Waals surface area contributed by atoms with Crippen molar-refractivity contribution in [2.45, 2.75) is 45.7 Å². The van der Waals surface area contributed by atoms with Crippen LogP contribution in [0.1, 0.15) is 36.8 Å². The predicted molar refractivity (Wildman–Crippen MR) is 139 cm³/mol. The third-order valence-corrected chi connectivity index (χ3v) is 7.37. The minimum absolute atomic E-state index is 0.107. The SMILES string of the molecule is CCC(=O)N1CCN(c2nc(C)nc3c2CCN(c2cccc4cccc(Cl)c24)C3)CC1CC#N. The maximum Gasteiger partial charge on any atom is 0.222 e. The highest BCUT2D eigenvalue weighted by Gasteiger charge is 2.33. The van der Waals surface area contributed by atoms with Crippen molar-refractivity contribution in [3.63, 3.8) is 0 Å². The largest absolute Gasteiger partial charge is 0.365 e. The lowest BCUT2D eigenvalue weighted by atomic mass is 10.0. The number of hydrogen-bond donors (Lipinski definition) is 0. The smallest absolute Gasteiger partial charge is 0.222 e. The normalized spacial score (nSPS) is 17.9. The highest BCUT2D eigenvalue weighted by atomic mass is 35.5. The monoisotopic (exact) mass is 488 g/mol. The zero-order valence-corrected chi connectivity index (χ0v) is 20.9. The van der Waals surface area contributed by atoms with Crippen LogP contribution in [0.15, 0.2) is 36.4 Å². The molecule has 0 radical (unpaired) electrons. The molecule has 3 heterocycles. The number of carbonyl (C=O) groups excluding carboxylic acids is 1. The van der Waals surface area contributed by atoms with Crippen LogP contribution in [-0.2, 0) is 17.8 Å². The van der Waals surface area contributed by atoms with E-state index in [1.54, 1.807) is 0 Å². The number of anilines is 2. The van der Waals surface area contributed by atoms with Crippen molar-refractivity contribution in [2.24, 2.45) is 0 Å². The van der Waals surface area contributed by atoms with E-state index in [9.17, 15) is 10.1 Å². The van der Waals surface area contributed by atoms with E-state index in [-0.39, 0.29) is 11.9 Å². The second-order valence-electron chi connectivity index (χ2n) is 9.21. The fourth-order valence-electron chi connectivity index (χ4n) is 5.40. The van der Waals surface area contributed by atoms with E-state index >= 15 is 0 Å². The molecule has 35 heavy (non-hydrogen) atoms. The minimum atomic E-state index is -0.120. The Morgan fingerprint density at radius 2 is 1.94 bits per heavy atom. The number of aryl methyl sites for hydroxylation is 1. The van der Waals surface area contributed by atoms with Gasteiger partial charge in [-0.15, -0.1) is 0 Å². The quantitative estimate of drug-likeness (QED) is 0.538. The average Bonchev–Trinajstić information content (AvgIpc) is 2.87. The van der Waals surface area contributed by atoms with E-state index < -0.39 is 0 Å². The summed E-state index contributed by atoms with van der Waals surface area (Å²) in [5.41, 5.74) is 3.33. The van der Waals surface area contributed by atoms with E-state index in [2.05, 4.69) is 40.1 Å². The average molecular weight is 489 g/mol. The minimum Gasteiger partial charge on any atom is -0.365 e. The van der Waals surface area contributed by atoms with Crippen molar-refractivity contribution in [2.75, 3.05) is 36.0 Å². The van der Waals surface area contributed by atoms with Crippen LogP contribution in [-0.4, -0.2) is 53.0 Å². The molecule has 1 saturated heterocycles. The van der Waals surface area contributed by atoms with Gasteiger partial charge in [0.05, 0.1) is 35.8 Å². The van der Waals surface area contributed by atoms with E-state index in [1.165, 1.54) is 5.56 Å². The summed E-state index contributed by atoms with van der Waals surface area (Å²) in [7, 11) is 0. The van der Waals surface area contributed by atoms with Crippen molar-refractivity contribution in [3.8, 4) is 6.07 Å². The highest BCUT2D eigenvalue weighted by molar-refractivity contribution is 6.36. The fraction of sp³-hybridized carbons (Fsp3) is 0.407. The molecule has 2 aliphatic rings. The Bertz CT molecular complexity index is 1310. The van der Waals surface area contributed by atoms with Gasteiger partial charge in [0.2, 0.25) is 5.91 Å². The topological polar surface area (TPSA) is 76.4 Å². The first-order valence-corrected chi connectivity index (χ1v) is 12.6. The zero-order valence-electron chi connectivity index (χ0n) is 20.2. The molecule has 0 aliphatic carbocycles. The fourth-order valence-corrected chi connectivity index (χ4v) is 5.68. The molecule has 0 spiro atoms. The summed E-state index contributed by atoms with van der Waals surface area (Å²) in [4.78, 5) is 28.6. The molecule has 180 valence electrons. The maximum absolute atomic E-state index is 12.4. The van der Waals surface area contributed by atoms with Crippen LogP contribution in [0.3, 0.4) is 0 Å². The molecule has 1 fully saturated rings. The van der Waals surface area contributed by atoms with Gasteiger partial charge in [0.1, 0.15) is 11.6 Å². The van der Waals surface area contributed by atoms with Crippen molar-refractivity contribution >= 4 is 39.8 Å². The number of halogens is 1. The number of carbonyl (C=O) groups is 1. The summed E-state index contributed by atoms with van der Waals surface area (Å²) in [5, 5.41) is 12.3. The van der Waals surface area contributed by atoms with Crippen LogP contribution in [0, 0.1) is 18.3 Å². The van der Waals surface area contributed by atoms with E-state index in [1.807, 2.05) is 30.9 Å². The molecule has 1 amide bonds. The molecule has 0 bridgehead atoms. The van der Waals surface area contributed by atoms with Crippen LogP contribution in [0.2, 0.25) is 5.02 Å². The van der Waals surface area contributed by atoms with Crippen LogP contribution in [0.5, 0.6) is 0 Å². The lowest BCUT2D eigenvalue weighted by molar-refractivity contribution is -0.133. The first-order valence-electron chi connectivity index (χ1n) is 12.2.